The molecule has 0 fully saturated rings. The average molecular weight is 250 g/mol. The molecule has 4 nitrogen and oxygen atoms in total. The smallest absolute Gasteiger partial charge is 0.246 e. The Bertz CT molecular complexity index is 349. The Balaban J connectivity index is 2.10. The normalized spacial score (nSPS) is 10.3. The van der Waals surface area contributed by atoms with Crippen molar-refractivity contribution in [3.8, 4) is 0 Å². The number of hydrogen-bond acceptors (Lipinski definition) is 3. The molecule has 100 valence electrons. The van der Waals surface area contributed by atoms with Crippen molar-refractivity contribution in [3.63, 3.8) is 0 Å². The van der Waals surface area contributed by atoms with Gasteiger partial charge in [-0.25, -0.2) is 0 Å². The van der Waals surface area contributed by atoms with Crippen molar-refractivity contribution < 1.29 is 9.53 Å². The van der Waals surface area contributed by atoms with Gasteiger partial charge in [-0.15, -0.1) is 0 Å². The minimum Gasteiger partial charge on any atom is -0.399 e. The minimum atomic E-state index is -0.0541. The van der Waals surface area contributed by atoms with Gasteiger partial charge in [0.05, 0.1) is 0 Å². The molecule has 0 aromatic heterocycles. The molecule has 0 saturated carbocycles. The molecule has 0 bridgehead atoms. The molecule has 0 atom stereocenters. The van der Waals surface area contributed by atoms with Crippen LogP contribution in [0, 0.1) is 0 Å². The highest BCUT2D eigenvalue weighted by molar-refractivity contribution is 5.77. The van der Waals surface area contributed by atoms with Crippen LogP contribution in [-0.2, 0) is 16.0 Å². The maximum absolute atomic E-state index is 11.4. The van der Waals surface area contributed by atoms with E-state index in [0.717, 1.165) is 30.5 Å². The molecule has 1 aromatic rings. The third kappa shape index (κ3) is 6.25. The van der Waals surface area contributed by atoms with Gasteiger partial charge in [-0.05, 0) is 30.5 Å². The largest absolute Gasteiger partial charge is 0.399 e. The lowest BCUT2D eigenvalue weighted by atomic mass is 10.1. The summed E-state index contributed by atoms with van der Waals surface area (Å²) in [4.78, 5) is 11.4. The van der Waals surface area contributed by atoms with Crippen LogP contribution in [0.4, 0.5) is 5.69 Å². The van der Waals surface area contributed by atoms with E-state index in [1.807, 2.05) is 24.3 Å². The summed E-state index contributed by atoms with van der Waals surface area (Å²) < 4.78 is 5.23. The van der Waals surface area contributed by atoms with Crippen LogP contribution in [0.25, 0.3) is 0 Å². The van der Waals surface area contributed by atoms with Crippen molar-refractivity contribution in [1.82, 2.24) is 5.32 Å². The zero-order valence-corrected chi connectivity index (χ0v) is 10.9. The zero-order chi connectivity index (χ0) is 13.2. The molecule has 0 aliphatic carbocycles. The van der Waals surface area contributed by atoms with Crippen molar-refractivity contribution in [2.24, 2.45) is 0 Å². The van der Waals surface area contributed by atoms with E-state index in [1.54, 1.807) is 0 Å². The third-order valence-corrected chi connectivity index (χ3v) is 2.59. The molecule has 4 heteroatoms. The van der Waals surface area contributed by atoms with Crippen molar-refractivity contribution in [2.75, 3.05) is 25.5 Å². The Hall–Kier alpha value is -1.55. The number of nitrogens with one attached hydrogen (secondary N) is 1. The fourth-order valence-electron chi connectivity index (χ4n) is 1.49. The summed E-state index contributed by atoms with van der Waals surface area (Å²) >= 11 is 0. The van der Waals surface area contributed by atoms with Crippen LogP contribution in [0.2, 0.25) is 0 Å². The molecule has 1 aromatic carbocycles. The molecule has 1 rings (SSSR count). The number of unbranched alkanes of at least 4 members (excludes halogenated alkanes) is 1. The van der Waals surface area contributed by atoms with Gasteiger partial charge in [-0.2, -0.15) is 0 Å². The van der Waals surface area contributed by atoms with E-state index in [0.29, 0.717) is 13.2 Å². The van der Waals surface area contributed by atoms with Gasteiger partial charge in [-0.3, -0.25) is 4.79 Å². The molecule has 0 radical (unpaired) electrons. The SMILES string of the molecule is CCCCOCC(=O)NCCc1ccc(N)cc1. The number of carbonyl (C=O) groups excluding carboxylic acids is 1. The third-order valence-electron chi connectivity index (χ3n) is 2.59. The monoisotopic (exact) mass is 250 g/mol. The molecule has 0 aliphatic rings. The fraction of sp³-hybridized carbons (Fsp3) is 0.500. The molecule has 0 unspecified atom stereocenters. The first-order valence-electron chi connectivity index (χ1n) is 6.41. The Morgan fingerprint density at radius 3 is 2.72 bits per heavy atom. The predicted octanol–water partition coefficient (Wildman–Crippen LogP) is 1.74. The molecular formula is C14H22N2O2. The second kappa shape index (κ2) is 8.53. The van der Waals surface area contributed by atoms with E-state index < -0.39 is 0 Å². The van der Waals surface area contributed by atoms with Gasteiger partial charge in [0.25, 0.3) is 0 Å². The van der Waals surface area contributed by atoms with Crippen molar-refractivity contribution in [2.45, 2.75) is 26.2 Å². The molecule has 0 saturated heterocycles. The molecular weight excluding hydrogens is 228 g/mol. The molecule has 0 aliphatic heterocycles. The number of nitrogens with two attached hydrogens (primary N) is 1. The highest BCUT2D eigenvalue weighted by atomic mass is 16.5. The van der Waals surface area contributed by atoms with Crippen molar-refractivity contribution in [3.05, 3.63) is 29.8 Å². The summed E-state index contributed by atoms with van der Waals surface area (Å²) in [5.74, 6) is -0.0541. The number of hydrogen-bond donors (Lipinski definition) is 2. The Morgan fingerprint density at radius 2 is 2.06 bits per heavy atom. The van der Waals surface area contributed by atoms with E-state index in [2.05, 4.69) is 12.2 Å². The topological polar surface area (TPSA) is 64.3 Å². The number of ether oxygens (including phenoxy) is 1. The van der Waals surface area contributed by atoms with Crippen LogP contribution >= 0.6 is 0 Å². The van der Waals surface area contributed by atoms with Gasteiger partial charge in [-0.1, -0.05) is 25.5 Å². The van der Waals surface area contributed by atoms with Crippen molar-refractivity contribution in [1.29, 1.82) is 0 Å². The van der Waals surface area contributed by atoms with E-state index in [4.69, 9.17) is 10.5 Å². The lowest BCUT2D eigenvalue weighted by Gasteiger charge is -2.06. The van der Waals surface area contributed by atoms with Crippen LogP contribution in [0.1, 0.15) is 25.3 Å². The summed E-state index contributed by atoms with van der Waals surface area (Å²) in [5, 5.41) is 2.83. The van der Waals surface area contributed by atoms with E-state index in [1.165, 1.54) is 0 Å². The number of anilines is 1. The second-order valence-corrected chi connectivity index (χ2v) is 4.25. The summed E-state index contributed by atoms with van der Waals surface area (Å²) in [7, 11) is 0. The minimum absolute atomic E-state index is 0.0541. The summed E-state index contributed by atoms with van der Waals surface area (Å²) in [5.41, 5.74) is 7.52. The van der Waals surface area contributed by atoms with Crippen LogP contribution < -0.4 is 11.1 Å². The maximum Gasteiger partial charge on any atom is 0.246 e. The van der Waals surface area contributed by atoms with Gasteiger partial charge >= 0.3 is 0 Å². The Kier molecular flexibility index (Phi) is 6.87. The molecule has 3 N–H and O–H groups in total. The number of rotatable bonds is 8. The van der Waals surface area contributed by atoms with E-state index in [-0.39, 0.29) is 12.5 Å². The summed E-state index contributed by atoms with van der Waals surface area (Å²) in [6, 6.07) is 7.68. The summed E-state index contributed by atoms with van der Waals surface area (Å²) in [6.07, 6.45) is 2.89. The van der Waals surface area contributed by atoms with Crippen LogP contribution in [-0.4, -0.2) is 25.7 Å². The van der Waals surface area contributed by atoms with Crippen LogP contribution in [0.15, 0.2) is 24.3 Å². The highest BCUT2D eigenvalue weighted by Crippen LogP contribution is 2.05. The van der Waals surface area contributed by atoms with Crippen LogP contribution in [0.3, 0.4) is 0 Å². The van der Waals surface area contributed by atoms with Crippen molar-refractivity contribution >= 4 is 11.6 Å². The molecule has 1 amide bonds. The molecule has 0 spiro atoms. The van der Waals surface area contributed by atoms with Gasteiger partial charge < -0.3 is 15.8 Å². The molecule has 18 heavy (non-hydrogen) atoms. The van der Waals surface area contributed by atoms with Gasteiger partial charge in [0, 0.05) is 18.8 Å². The second-order valence-electron chi connectivity index (χ2n) is 4.25. The number of amides is 1. The van der Waals surface area contributed by atoms with Gasteiger partial charge in [0.15, 0.2) is 0 Å². The maximum atomic E-state index is 11.4. The Labute approximate surface area is 109 Å². The first-order chi connectivity index (χ1) is 8.72. The first-order valence-corrected chi connectivity index (χ1v) is 6.41. The summed E-state index contributed by atoms with van der Waals surface area (Å²) in [6.45, 7) is 3.53. The Morgan fingerprint density at radius 1 is 1.33 bits per heavy atom. The number of carbonyl (C=O) groups is 1. The number of nitrogen functional groups attached to an aromatic ring is 1. The number of benzene rings is 1. The lowest BCUT2D eigenvalue weighted by molar-refractivity contribution is -0.125. The quantitative estimate of drug-likeness (QED) is 0.545. The van der Waals surface area contributed by atoms with Gasteiger partial charge in [0.1, 0.15) is 6.61 Å². The van der Waals surface area contributed by atoms with Crippen LogP contribution in [0.5, 0.6) is 0 Å². The fourth-order valence-corrected chi connectivity index (χ4v) is 1.49. The highest BCUT2D eigenvalue weighted by Gasteiger charge is 2.00. The lowest BCUT2D eigenvalue weighted by Crippen LogP contribution is -2.29. The molecule has 0 heterocycles. The standard InChI is InChI=1S/C14H22N2O2/c1-2-3-10-18-11-14(17)16-9-8-12-4-6-13(15)7-5-12/h4-7H,2-3,8-11,15H2,1H3,(H,16,17). The van der Waals surface area contributed by atoms with E-state index >= 15 is 0 Å². The zero-order valence-electron chi connectivity index (χ0n) is 10.9. The predicted molar refractivity (Wildman–Crippen MR) is 73.3 cm³/mol. The van der Waals surface area contributed by atoms with E-state index in [9.17, 15) is 4.79 Å². The van der Waals surface area contributed by atoms with Gasteiger partial charge in [0.2, 0.25) is 5.91 Å². The first kappa shape index (κ1) is 14.5. The average Bonchev–Trinajstić information content (AvgIpc) is 2.37.